The fourth-order valence-corrected chi connectivity index (χ4v) is 13.2. The minimum atomic E-state index is -4.96. The Morgan fingerprint density at radius 1 is 0.295 bits per heavy atom. The first kappa shape index (κ1) is 93.1. The van der Waals surface area contributed by atoms with Crippen LogP contribution < -0.4 is 0 Å². The predicted molar refractivity (Wildman–Crippen MR) is 386 cm³/mol. The standard InChI is InChI=1S/C76H148O17P2/c1-7-11-13-15-17-19-21-22-23-24-25-26-27-28-29-31-37-41-49-55-61-76(81)92-71(64-86-73(78)58-52-46-39-35-33-32-34-38-44-50-56-68(5)9-3)66-90-94(82,83)88-62-70(77)63-89-95(84,85)91-67-72(65-87-74(79)59-53-47-43-42-45-51-57-69(6)10-4)93-75(80)60-54-48-40-36-30-20-18-16-14-12-8-2/h68-72,77H,7-67H2,1-6H3,(H,82,83)(H,84,85)/t68?,69?,70-,71-,72-/m1/s1. The van der Waals surface area contributed by atoms with Gasteiger partial charge in [0.15, 0.2) is 12.2 Å². The van der Waals surface area contributed by atoms with Gasteiger partial charge in [-0.2, -0.15) is 0 Å². The first-order chi connectivity index (χ1) is 45.9. The van der Waals surface area contributed by atoms with Crippen molar-refractivity contribution in [1.82, 2.24) is 0 Å². The van der Waals surface area contributed by atoms with Crippen LogP contribution in [-0.2, 0) is 65.4 Å². The summed E-state index contributed by atoms with van der Waals surface area (Å²) in [5.41, 5.74) is 0. The Balaban J connectivity index is 5.22. The summed E-state index contributed by atoms with van der Waals surface area (Å²) < 4.78 is 68.5. The maximum atomic E-state index is 13.1. The van der Waals surface area contributed by atoms with Crippen molar-refractivity contribution in [2.45, 2.75) is 413 Å². The number of hydrogen-bond donors (Lipinski definition) is 3. The number of ether oxygens (including phenoxy) is 4. The number of carbonyl (C=O) groups excluding carboxylic acids is 4. The number of aliphatic hydroxyl groups excluding tert-OH is 1. The van der Waals surface area contributed by atoms with Crippen molar-refractivity contribution in [3.8, 4) is 0 Å². The lowest BCUT2D eigenvalue weighted by molar-refractivity contribution is -0.161. The zero-order valence-corrected chi connectivity index (χ0v) is 63.8. The largest absolute Gasteiger partial charge is 0.472 e. The summed E-state index contributed by atoms with van der Waals surface area (Å²) in [5.74, 6) is -0.576. The number of unbranched alkanes of at least 4 members (excludes halogenated alkanes) is 43. The second kappa shape index (κ2) is 67.9. The molecule has 7 atom stereocenters. The van der Waals surface area contributed by atoms with Gasteiger partial charge < -0.3 is 33.8 Å². The number of phosphoric ester groups is 2. The van der Waals surface area contributed by atoms with E-state index in [1.165, 1.54) is 205 Å². The summed E-state index contributed by atoms with van der Waals surface area (Å²) >= 11 is 0. The third-order valence-corrected chi connectivity index (χ3v) is 20.3. The van der Waals surface area contributed by atoms with Crippen LogP contribution in [-0.4, -0.2) is 96.7 Å². The molecule has 3 N–H and O–H groups in total. The molecule has 19 heteroatoms. The van der Waals surface area contributed by atoms with Crippen molar-refractivity contribution in [1.29, 1.82) is 0 Å². The van der Waals surface area contributed by atoms with Crippen molar-refractivity contribution in [3.05, 3.63) is 0 Å². The van der Waals surface area contributed by atoms with Gasteiger partial charge in [-0.15, -0.1) is 0 Å². The van der Waals surface area contributed by atoms with Crippen LogP contribution >= 0.6 is 15.6 Å². The molecule has 0 aliphatic heterocycles. The summed E-state index contributed by atoms with van der Waals surface area (Å²) in [4.78, 5) is 72.8. The van der Waals surface area contributed by atoms with E-state index in [9.17, 15) is 43.2 Å². The van der Waals surface area contributed by atoms with E-state index in [4.69, 9.17) is 37.0 Å². The molecular formula is C76H148O17P2. The molecule has 0 saturated heterocycles. The third kappa shape index (κ3) is 67.6. The zero-order chi connectivity index (χ0) is 70.0. The Morgan fingerprint density at radius 3 is 0.747 bits per heavy atom. The van der Waals surface area contributed by atoms with Crippen LogP contribution in [0.15, 0.2) is 0 Å². The van der Waals surface area contributed by atoms with Crippen LogP contribution in [0.4, 0.5) is 0 Å². The second-order valence-corrected chi connectivity index (χ2v) is 30.8. The maximum Gasteiger partial charge on any atom is 0.472 e. The fourth-order valence-electron chi connectivity index (χ4n) is 11.6. The molecular weight excluding hydrogens is 1250 g/mol. The summed E-state index contributed by atoms with van der Waals surface area (Å²) in [6.07, 6.45) is 55.5. The lowest BCUT2D eigenvalue weighted by atomic mass is 9.99. The molecule has 0 radical (unpaired) electrons. The van der Waals surface area contributed by atoms with Gasteiger partial charge in [-0.3, -0.25) is 37.3 Å². The first-order valence-electron chi connectivity index (χ1n) is 39.6. The van der Waals surface area contributed by atoms with Gasteiger partial charge in [0.1, 0.15) is 19.3 Å². The minimum Gasteiger partial charge on any atom is -0.462 e. The van der Waals surface area contributed by atoms with Gasteiger partial charge in [-0.1, -0.05) is 343 Å². The molecule has 0 spiro atoms. The number of esters is 4. The Bertz CT molecular complexity index is 1840. The monoisotopic (exact) mass is 1400 g/mol. The molecule has 0 rings (SSSR count). The van der Waals surface area contributed by atoms with Crippen molar-refractivity contribution >= 4 is 39.5 Å². The van der Waals surface area contributed by atoms with Crippen LogP contribution in [0.1, 0.15) is 395 Å². The molecule has 564 valence electrons. The highest BCUT2D eigenvalue weighted by molar-refractivity contribution is 7.47. The molecule has 0 fully saturated rings. The van der Waals surface area contributed by atoms with E-state index in [0.717, 1.165) is 108 Å². The average molecular weight is 1400 g/mol. The molecule has 0 aromatic heterocycles. The highest BCUT2D eigenvalue weighted by Gasteiger charge is 2.30. The highest BCUT2D eigenvalue weighted by atomic mass is 31.2. The van der Waals surface area contributed by atoms with Gasteiger partial charge in [0.2, 0.25) is 0 Å². The quantitative estimate of drug-likeness (QED) is 0.0222. The maximum absolute atomic E-state index is 13.1. The van der Waals surface area contributed by atoms with Gasteiger partial charge >= 0.3 is 39.5 Å². The molecule has 0 bridgehead atoms. The summed E-state index contributed by atoms with van der Waals surface area (Å²) in [6, 6.07) is 0. The summed E-state index contributed by atoms with van der Waals surface area (Å²) in [7, 11) is -9.91. The number of hydrogen-bond acceptors (Lipinski definition) is 15. The van der Waals surface area contributed by atoms with E-state index in [0.29, 0.717) is 25.7 Å². The van der Waals surface area contributed by atoms with Crippen molar-refractivity contribution < 1.29 is 80.2 Å². The second-order valence-electron chi connectivity index (χ2n) is 27.9. The van der Waals surface area contributed by atoms with E-state index < -0.39 is 97.5 Å². The molecule has 0 aliphatic rings. The summed E-state index contributed by atoms with van der Waals surface area (Å²) in [6.45, 7) is 9.58. The van der Waals surface area contributed by atoms with E-state index in [-0.39, 0.29) is 25.7 Å². The van der Waals surface area contributed by atoms with Gasteiger partial charge in [0, 0.05) is 25.7 Å². The van der Waals surface area contributed by atoms with Gasteiger partial charge in [0.25, 0.3) is 0 Å². The topological polar surface area (TPSA) is 237 Å². The third-order valence-electron chi connectivity index (χ3n) is 18.4. The highest BCUT2D eigenvalue weighted by Crippen LogP contribution is 2.45. The molecule has 4 unspecified atom stereocenters. The van der Waals surface area contributed by atoms with Crippen LogP contribution in [0.3, 0.4) is 0 Å². The Morgan fingerprint density at radius 2 is 0.505 bits per heavy atom. The van der Waals surface area contributed by atoms with Crippen molar-refractivity contribution in [2.75, 3.05) is 39.6 Å². The molecule has 17 nitrogen and oxygen atoms in total. The lowest BCUT2D eigenvalue weighted by Gasteiger charge is -2.21. The van der Waals surface area contributed by atoms with E-state index in [2.05, 4.69) is 41.5 Å². The Labute approximate surface area is 581 Å². The molecule has 0 aromatic rings. The number of phosphoric acid groups is 2. The Kier molecular flexibility index (Phi) is 66.5. The molecule has 0 heterocycles. The normalized spacial score (nSPS) is 14.6. The molecule has 0 amide bonds. The van der Waals surface area contributed by atoms with Crippen LogP contribution in [0.25, 0.3) is 0 Å². The van der Waals surface area contributed by atoms with Crippen molar-refractivity contribution in [2.24, 2.45) is 11.8 Å². The first-order valence-corrected chi connectivity index (χ1v) is 42.6. The van der Waals surface area contributed by atoms with Gasteiger partial charge in [-0.25, -0.2) is 9.13 Å². The number of rotatable bonds is 75. The van der Waals surface area contributed by atoms with Gasteiger partial charge in [0.05, 0.1) is 26.4 Å². The van der Waals surface area contributed by atoms with Crippen molar-refractivity contribution in [3.63, 3.8) is 0 Å². The zero-order valence-electron chi connectivity index (χ0n) is 62.0. The van der Waals surface area contributed by atoms with E-state index in [1.807, 2.05) is 0 Å². The minimum absolute atomic E-state index is 0.106. The van der Waals surface area contributed by atoms with Crippen LogP contribution in [0.2, 0.25) is 0 Å². The average Bonchev–Trinajstić information content (AvgIpc) is 1.86. The number of carbonyl (C=O) groups is 4. The molecule has 0 aromatic carbocycles. The fraction of sp³-hybridized carbons (Fsp3) is 0.947. The molecule has 0 aliphatic carbocycles. The van der Waals surface area contributed by atoms with E-state index in [1.54, 1.807) is 0 Å². The van der Waals surface area contributed by atoms with Crippen LogP contribution in [0, 0.1) is 11.8 Å². The summed E-state index contributed by atoms with van der Waals surface area (Å²) in [5, 5.41) is 10.6. The van der Waals surface area contributed by atoms with Gasteiger partial charge in [-0.05, 0) is 37.5 Å². The molecule has 0 saturated carbocycles. The predicted octanol–water partition coefficient (Wildman–Crippen LogP) is 22.3. The molecule has 95 heavy (non-hydrogen) atoms. The SMILES string of the molecule is CCCCCCCCCCCCCCCCCCCCCCC(=O)O[C@H](COC(=O)CCCCCCCCCCCCC(C)CC)COP(=O)(O)OC[C@@H](O)COP(=O)(O)OC[C@@H](COC(=O)CCCCCCCCC(C)CC)OC(=O)CCCCCCCCCCCCC. The lowest BCUT2D eigenvalue weighted by Crippen LogP contribution is -2.30. The Hall–Kier alpha value is -1.94. The van der Waals surface area contributed by atoms with Crippen LogP contribution in [0.5, 0.6) is 0 Å². The smallest absolute Gasteiger partial charge is 0.462 e. The van der Waals surface area contributed by atoms with E-state index >= 15 is 0 Å². The number of aliphatic hydroxyl groups is 1.